The van der Waals surface area contributed by atoms with Crippen molar-refractivity contribution in [3.63, 3.8) is 0 Å². The van der Waals surface area contributed by atoms with Crippen molar-refractivity contribution in [1.82, 2.24) is 24.8 Å². The number of aryl methyl sites for hydroxylation is 1. The predicted octanol–water partition coefficient (Wildman–Crippen LogP) is 4.72. The fourth-order valence-electron chi connectivity index (χ4n) is 3.82. The molecule has 3 aromatic carbocycles. The van der Waals surface area contributed by atoms with Crippen LogP contribution in [0, 0.1) is 6.92 Å². The number of benzene rings is 3. The smallest absolute Gasteiger partial charge is 0.279 e. The minimum Gasteiger partial charge on any atom is -0.340 e. The number of hydrogen-bond donors (Lipinski definition) is 0. The van der Waals surface area contributed by atoms with Gasteiger partial charge in [0.2, 0.25) is 11.7 Å². The molecule has 5 aromatic rings. The second kappa shape index (κ2) is 8.70. The quantitative estimate of drug-likeness (QED) is 0.384. The number of likely N-dealkylation sites (N-methyl/N-ethyl adjacent to an activating group) is 1. The highest BCUT2D eigenvalue weighted by Crippen LogP contribution is 2.28. The van der Waals surface area contributed by atoms with E-state index in [4.69, 9.17) is 4.52 Å². The molecule has 0 saturated carbocycles. The Morgan fingerprint density at radius 1 is 1.00 bits per heavy atom. The Hall–Kier alpha value is -4.26. The first kappa shape index (κ1) is 20.6. The molecule has 0 spiro atoms. The van der Waals surface area contributed by atoms with Gasteiger partial charge in [0.1, 0.15) is 6.54 Å². The van der Waals surface area contributed by atoms with Crippen LogP contribution in [0.5, 0.6) is 0 Å². The van der Waals surface area contributed by atoms with Gasteiger partial charge in [-0.15, -0.1) is 0 Å². The summed E-state index contributed by atoms with van der Waals surface area (Å²) in [6, 6.07) is 25.6. The van der Waals surface area contributed by atoms with Gasteiger partial charge in [0.05, 0.1) is 5.52 Å². The molecule has 0 bridgehead atoms. The van der Waals surface area contributed by atoms with Crippen LogP contribution in [-0.4, -0.2) is 37.8 Å². The van der Waals surface area contributed by atoms with E-state index in [1.54, 1.807) is 16.6 Å². The summed E-state index contributed by atoms with van der Waals surface area (Å²) in [5.74, 6) is 0.794. The van der Waals surface area contributed by atoms with Crippen LogP contribution in [0.3, 0.4) is 0 Å². The maximum atomic E-state index is 12.9. The number of carbonyl (C=O) groups is 1. The normalized spacial score (nSPS) is 11.1. The third-order valence-corrected chi connectivity index (χ3v) is 5.54. The summed E-state index contributed by atoms with van der Waals surface area (Å²) >= 11 is 0. The average Bonchev–Trinajstić information content (AvgIpc) is 3.45. The fraction of sp³-hybridized carbons (Fsp3) is 0.154. The van der Waals surface area contributed by atoms with Crippen LogP contribution in [0.25, 0.3) is 33.9 Å². The van der Waals surface area contributed by atoms with Crippen molar-refractivity contribution in [2.45, 2.75) is 20.0 Å². The minimum atomic E-state index is -0.0374. The van der Waals surface area contributed by atoms with Crippen LogP contribution in [0.4, 0.5) is 0 Å². The van der Waals surface area contributed by atoms with Gasteiger partial charge in [0.25, 0.3) is 5.89 Å². The first-order valence-electron chi connectivity index (χ1n) is 10.7. The number of amides is 1. The van der Waals surface area contributed by atoms with Crippen LogP contribution < -0.4 is 0 Å². The maximum absolute atomic E-state index is 12.9. The highest BCUT2D eigenvalue weighted by molar-refractivity contribution is 5.92. The van der Waals surface area contributed by atoms with E-state index in [1.165, 1.54) is 0 Å². The number of para-hydroxylation sites is 1. The predicted molar refractivity (Wildman–Crippen MR) is 126 cm³/mol. The van der Waals surface area contributed by atoms with Gasteiger partial charge in [-0.25, -0.2) is 0 Å². The van der Waals surface area contributed by atoms with Crippen molar-refractivity contribution in [2.24, 2.45) is 0 Å². The molecule has 33 heavy (non-hydrogen) atoms. The molecule has 0 aliphatic heterocycles. The van der Waals surface area contributed by atoms with Gasteiger partial charge in [0, 0.05) is 24.5 Å². The number of hydrogen-bond acceptors (Lipinski definition) is 5. The van der Waals surface area contributed by atoms with E-state index in [-0.39, 0.29) is 12.5 Å². The zero-order valence-corrected chi connectivity index (χ0v) is 18.5. The summed E-state index contributed by atoms with van der Waals surface area (Å²) < 4.78 is 7.27. The van der Waals surface area contributed by atoms with E-state index in [0.29, 0.717) is 24.0 Å². The lowest BCUT2D eigenvalue weighted by molar-refractivity contribution is -0.131. The molecular formula is C26H23N5O2. The molecule has 1 amide bonds. The van der Waals surface area contributed by atoms with E-state index in [9.17, 15) is 4.79 Å². The van der Waals surface area contributed by atoms with Crippen LogP contribution in [-0.2, 0) is 17.9 Å². The highest BCUT2D eigenvalue weighted by Gasteiger charge is 2.20. The van der Waals surface area contributed by atoms with E-state index in [0.717, 1.165) is 27.6 Å². The Labute approximate surface area is 191 Å². The molecule has 164 valence electrons. The molecule has 0 fully saturated rings. The first-order chi connectivity index (χ1) is 16.1. The third kappa shape index (κ3) is 4.25. The van der Waals surface area contributed by atoms with Crippen molar-refractivity contribution in [3.8, 4) is 23.0 Å². The van der Waals surface area contributed by atoms with Gasteiger partial charge >= 0.3 is 0 Å². The Balaban J connectivity index is 1.44. The molecule has 0 unspecified atom stereocenters. The number of fused-ring (bicyclic) bond motifs is 1. The van der Waals surface area contributed by atoms with Crippen LogP contribution in [0.15, 0.2) is 83.4 Å². The fourth-order valence-corrected chi connectivity index (χ4v) is 3.82. The van der Waals surface area contributed by atoms with Crippen LogP contribution >= 0.6 is 0 Å². The molecule has 2 aromatic heterocycles. The Kier molecular flexibility index (Phi) is 5.44. The largest absolute Gasteiger partial charge is 0.340 e. The molecule has 0 saturated heterocycles. The van der Waals surface area contributed by atoms with Crippen LogP contribution in [0.1, 0.15) is 11.1 Å². The van der Waals surface area contributed by atoms with Crippen molar-refractivity contribution in [1.29, 1.82) is 0 Å². The van der Waals surface area contributed by atoms with Gasteiger partial charge < -0.3 is 9.42 Å². The summed E-state index contributed by atoms with van der Waals surface area (Å²) in [6.07, 6.45) is 0. The molecular weight excluding hydrogens is 414 g/mol. The van der Waals surface area contributed by atoms with Crippen molar-refractivity contribution in [3.05, 3.63) is 90.0 Å². The number of rotatable bonds is 6. The Morgan fingerprint density at radius 2 is 1.79 bits per heavy atom. The minimum absolute atomic E-state index is 0.0374. The average molecular weight is 438 g/mol. The maximum Gasteiger partial charge on any atom is 0.279 e. The molecule has 5 rings (SSSR count). The zero-order chi connectivity index (χ0) is 22.8. The summed E-state index contributed by atoms with van der Waals surface area (Å²) in [5, 5.41) is 9.69. The number of carbonyl (C=O) groups excluding carboxylic acids is 1. The van der Waals surface area contributed by atoms with E-state index < -0.39 is 0 Å². The Bertz CT molecular complexity index is 1420. The molecule has 0 aliphatic carbocycles. The molecule has 0 atom stereocenters. The number of nitrogens with zero attached hydrogens (tertiary/aromatic N) is 5. The van der Waals surface area contributed by atoms with Gasteiger partial charge in [-0.05, 0) is 24.6 Å². The van der Waals surface area contributed by atoms with Crippen molar-refractivity contribution in [2.75, 3.05) is 7.05 Å². The number of aromatic nitrogens is 4. The lowest BCUT2D eigenvalue weighted by Gasteiger charge is -2.17. The molecule has 0 radical (unpaired) electrons. The zero-order valence-electron chi connectivity index (χ0n) is 18.5. The lowest BCUT2D eigenvalue weighted by atomic mass is 10.1. The lowest BCUT2D eigenvalue weighted by Crippen LogP contribution is -2.30. The topological polar surface area (TPSA) is 77.0 Å². The van der Waals surface area contributed by atoms with E-state index >= 15 is 0 Å². The van der Waals surface area contributed by atoms with E-state index in [1.807, 2.05) is 85.8 Å². The van der Waals surface area contributed by atoms with Gasteiger partial charge in [-0.3, -0.25) is 9.48 Å². The molecule has 0 aliphatic rings. The molecule has 7 heteroatoms. The monoisotopic (exact) mass is 437 g/mol. The third-order valence-electron chi connectivity index (χ3n) is 5.54. The molecule has 0 N–H and O–H groups in total. The van der Waals surface area contributed by atoms with Gasteiger partial charge in [0.15, 0.2) is 5.69 Å². The summed E-state index contributed by atoms with van der Waals surface area (Å²) in [7, 11) is 1.80. The second-order valence-electron chi connectivity index (χ2n) is 8.05. The highest BCUT2D eigenvalue weighted by atomic mass is 16.5. The molecule has 7 nitrogen and oxygen atoms in total. The second-order valence-corrected chi connectivity index (χ2v) is 8.05. The van der Waals surface area contributed by atoms with Crippen LogP contribution in [0.2, 0.25) is 0 Å². The summed E-state index contributed by atoms with van der Waals surface area (Å²) in [6.45, 7) is 2.67. The summed E-state index contributed by atoms with van der Waals surface area (Å²) in [5.41, 5.74) is 4.48. The Morgan fingerprint density at radius 3 is 2.61 bits per heavy atom. The first-order valence-corrected chi connectivity index (χ1v) is 10.7. The van der Waals surface area contributed by atoms with Crippen molar-refractivity contribution >= 4 is 16.8 Å². The summed E-state index contributed by atoms with van der Waals surface area (Å²) in [4.78, 5) is 19.2. The van der Waals surface area contributed by atoms with Crippen molar-refractivity contribution < 1.29 is 9.32 Å². The van der Waals surface area contributed by atoms with Gasteiger partial charge in [-0.2, -0.15) is 10.1 Å². The molecule has 2 heterocycles. The van der Waals surface area contributed by atoms with Gasteiger partial charge in [-0.1, -0.05) is 77.5 Å². The standard InChI is InChI=1S/C26H23N5O2/c1-18-9-8-12-20(15-18)25-27-26(33-29-25)24-21-13-6-7-14-22(21)31(28-24)17-23(32)30(2)16-19-10-4-3-5-11-19/h3-15H,16-17H2,1-2H3. The van der Waals surface area contributed by atoms with E-state index in [2.05, 4.69) is 15.2 Å². The SMILES string of the molecule is Cc1cccc(-c2noc(-c3nn(CC(=O)N(C)Cc4ccccc4)c4ccccc34)n2)c1.